The summed E-state index contributed by atoms with van der Waals surface area (Å²) in [5, 5.41) is 0.732. The Morgan fingerprint density at radius 1 is 0.967 bits per heavy atom. The maximum atomic E-state index is 11.6. The lowest BCUT2D eigenvalue weighted by molar-refractivity contribution is -0.144. The van der Waals surface area contributed by atoms with Crippen molar-refractivity contribution in [2.75, 3.05) is 46.2 Å². The second-order valence-electron chi connectivity index (χ2n) is 5.28. The number of ether oxygens (including phenoxy) is 5. The maximum absolute atomic E-state index is 11.6. The molecule has 0 N–H and O–H groups in total. The van der Waals surface area contributed by atoms with Gasteiger partial charge in [0.15, 0.2) is 13.2 Å². The van der Waals surface area contributed by atoms with E-state index >= 15 is 0 Å². The van der Waals surface area contributed by atoms with E-state index in [2.05, 4.69) is 11.8 Å². The van der Waals surface area contributed by atoms with E-state index in [0.29, 0.717) is 19.8 Å². The minimum absolute atomic E-state index is 0.128. The number of rotatable bonds is 12. The fraction of sp³-hybridized carbons (Fsp3) is 0.400. The van der Waals surface area contributed by atoms with Gasteiger partial charge < -0.3 is 23.7 Å². The lowest BCUT2D eigenvalue weighted by Crippen LogP contribution is -2.15. The zero-order valence-electron chi connectivity index (χ0n) is 16.3. The van der Waals surface area contributed by atoms with Crippen LogP contribution in [0.15, 0.2) is 24.3 Å². The van der Waals surface area contributed by atoms with E-state index in [1.165, 1.54) is 18.2 Å². The van der Waals surface area contributed by atoms with Crippen LogP contribution < -0.4 is 4.74 Å². The van der Waals surface area contributed by atoms with Crippen molar-refractivity contribution in [1.29, 1.82) is 0 Å². The highest BCUT2D eigenvalue weighted by Crippen LogP contribution is 2.33. The Bertz CT molecular complexity index is 785. The minimum Gasteiger partial charge on any atom is -0.480 e. The summed E-state index contributed by atoms with van der Waals surface area (Å²) in [4.78, 5) is 23.0. The molecule has 0 spiro atoms. The predicted octanol–water partition coefficient (Wildman–Crippen LogP) is 3.72. The number of hydrogen-bond acceptors (Lipinski definition) is 7. The van der Waals surface area contributed by atoms with Crippen molar-refractivity contribution in [3.8, 4) is 17.6 Å². The Morgan fingerprint density at radius 3 is 2.43 bits per heavy atom. The van der Waals surface area contributed by atoms with E-state index in [9.17, 15) is 9.59 Å². The van der Waals surface area contributed by atoms with E-state index < -0.39 is 11.9 Å². The van der Waals surface area contributed by atoms with E-state index in [-0.39, 0.29) is 47.2 Å². The van der Waals surface area contributed by atoms with E-state index in [1.54, 1.807) is 0 Å². The van der Waals surface area contributed by atoms with Crippen molar-refractivity contribution in [3.05, 3.63) is 39.4 Å². The van der Waals surface area contributed by atoms with Gasteiger partial charge in [-0.15, -0.1) is 0 Å². The third-order valence-electron chi connectivity index (χ3n) is 3.08. The molecule has 1 aromatic carbocycles. The molecule has 30 heavy (non-hydrogen) atoms. The molecule has 0 aromatic heterocycles. The Kier molecular flexibility index (Phi) is 13.8. The predicted molar refractivity (Wildman–Crippen MR) is 113 cm³/mol. The zero-order valence-corrected chi connectivity index (χ0v) is 18.5. The summed E-state index contributed by atoms with van der Waals surface area (Å²) in [6.45, 7) is 3.32. The third-order valence-corrected chi connectivity index (χ3v) is 4.10. The summed E-state index contributed by atoms with van der Waals surface area (Å²) in [7, 11) is 0. The molecule has 0 saturated carbocycles. The molecule has 0 atom stereocenters. The molecule has 0 aliphatic carbocycles. The largest absolute Gasteiger partial charge is 0.480 e. The van der Waals surface area contributed by atoms with Crippen LogP contribution in [0.25, 0.3) is 0 Å². The number of halogens is 3. The van der Waals surface area contributed by atoms with Crippen LogP contribution in [0.3, 0.4) is 0 Å². The first-order valence-electron chi connectivity index (χ1n) is 8.84. The summed E-state index contributed by atoms with van der Waals surface area (Å²) in [6, 6.07) is 2.81. The second kappa shape index (κ2) is 15.8. The van der Waals surface area contributed by atoms with Crippen LogP contribution in [-0.2, 0) is 28.5 Å². The number of carbonyl (C=O) groups is 2. The fourth-order valence-corrected chi connectivity index (χ4v) is 2.33. The van der Waals surface area contributed by atoms with Gasteiger partial charge in [-0.2, -0.15) is 0 Å². The van der Waals surface area contributed by atoms with Crippen LogP contribution in [0.2, 0.25) is 15.1 Å². The monoisotopic (exact) mass is 478 g/mol. The molecule has 0 bridgehead atoms. The summed E-state index contributed by atoms with van der Waals surface area (Å²) >= 11 is 17.6. The van der Waals surface area contributed by atoms with Gasteiger partial charge in [0.2, 0.25) is 0 Å². The van der Waals surface area contributed by atoms with Gasteiger partial charge in [0, 0.05) is 18.7 Å². The normalized spacial score (nSPS) is 10.4. The molecule has 0 unspecified atom stereocenters. The van der Waals surface area contributed by atoms with E-state index in [0.717, 1.165) is 6.08 Å². The molecule has 1 rings (SSSR count). The van der Waals surface area contributed by atoms with Crippen molar-refractivity contribution < 1.29 is 33.3 Å². The molecule has 1 aromatic rings. The van der Waals surface area contributed by atoms with Gasteiger partial charge in [-0.05, 0) is 19.1 Å². The highest BCUT2D eigenvalue weighted by atomic mass is 35.5. The van der Waals surface area contributed by atoms with Gasteiger partial charge in [0.05, 0.1) is 34.9 Å². The van der Waals surface area contributed by atoms with Crippen molar-refractivity contribution in [1.82, 2.24) is 0 Å². The molecule has 7 nitrogen and oxygen atoms in total. The number of esters is 2. The van der Waals surface area contributed by atoms with Crippen molar-refractivity contribution in [2.24, 2.45) is 0 Å². The molecule has 0 amide bonds. The lowest BCUT2D eigenvalue weighted by Gasteiger charge is -2.08. The summed E-state index contributed by atoms with van der Waals surface area (Å²) in [5.41, 5.74) is 0. The van der Waals surface area contributed by atoms with Crippen LogP contribution in [0.5, 0.6) is 5.75 Å². The highest BCUT2D eigenvalue weighted by Gasteiger charge is 2.10. The van der Waals surface area contributed by atoms with E-state index in [1.807, 2.05) is 6.92 Å². The maximum Gasteiger partial charge on any atom is 0.345 e. The quantitative estimate of drug-likeness (QED) is 0.149. The standard InChI is InChI=1S/C20H21Cl3O7/c1-2-26-8-9-27-10-11-29-19(24)6-4-3-5-7-28-20(25)14-30-18-13-16(22)15(21)12-17(18)23/h4,6,12-13H,2,7-11,14H2,1H3. The summed E-state index contributed by atoms with van der Waals surface area (Å²) in [6.07, 6.45) is 2.45. The first-order valence-corrected chi connectivity index (χ1v) is 9.97. The zero-order chi connectivity index (χ0) is 22.2. The van der Waals surface area contributed by atoms with Gasteiger partial charge in [0.25, 0.3) is 0 Å². The summed E-state index contributed by atoms with van der Waals surface area (Å²) < 4.78 is 25.3. The van der Waals surface area contributed by atoms with Crippen LogP contribution in [-0.4, -0.2) is 58.2 Å². The molecule has 0 fully saturated rings. The molecule has 0 aliphatic rings. The topological polar surface area (TPSA) is 80.3 Å². The first-order chi connectivity index (χ1) is 14.4. The molecular weight excluding hydrogens is 459 g/mol. The van der Waals surface area contributed by atoms with Crippen LogP contribution >= 0.6 is 34.8 Å². The van der Waals surface area contributed by atoms with Crippen LogP contribution in [0.1, 0.15) is 6.92 Å². The van der Waals surface area contributed by atoms with Crippen molar-refractivity contribution in [2.45, 2.75) is 6.92 Å². The number of carbonyl (C=O) groups excluding carboxylic acids is 2. The van der Waals surface area contributed by atoms with Gasteiger partial charge in [-0.3, -0.25) is 0 Å². The lowest BCUT2D eigenvalue weighted by atomic mass is 10.3. The van der Waals surface area contributed by atoms with Gasteiger partial charge in [-0.25, -0.2) is 9.59 Å². The molecular formula is C20H21Cl3O7. The van der Waals surface area contributed by atoms with Crippen molar-refractivity contribution >= 4 is 46.7 Å². The minimum atomic E-state index is -0.654. The van der Waals surface area contributed by atoms with Crippen LogP contribution in [0, 0.1) is 11.8 Å². The van der Waals surface area contributed by atoms with Crippen LogP contribution in [0.4, 0.5) is 0 Å². The molecule has 0 heterocycles. The number of hydrogen-bond donors (Lipinski definition) is 0. The molecule has 10 heteroatoms. The van der Waals surface area contributed by atoms with Crippen molar-refractivity contribution in [3.63, 3.8) is 0 Å². The molecule has 164 valence electrons. The van der Waals surface area contributed by atoms with E-state index in [4.69, 9.17) is 58.5 Å². The molecule has 0 radical (unpaired) electrons. The Morgan fingerprint density at radius 2 is 1.67 bits per heavy atom. The molecule has 0 aliphatic heterocycles. The average Bonchev–Trinajstić information content (AvgIpc) is 2.71. The Labute approximate surface area is 190 Å². The fourth-order valence-electron chi connectivity index (χ4n) is 1.73. The van der Waals surface area contributed by atoms with Gasteiger partial charge in [0.1, 0.15) is 12.4 Å². The van der Waals surface area contributed by atoms with Gasteiger partial charge in [-0.1, -0.05) is 46.6 Å². The molecule has 0 saturated heterocycles. The Hall–Kier alpha value is -1.95. The summed E-state index contributed by atoms with van der Waals surface area (Å²) in [5.74, 6) is 4.09. The SMILES string of the molecule is CCOCCOCCOC(=O)C=CC#CCOC(=O)COc1cc(Cl)c(Cl)cc1Cl. The second-order valence-corrected chi connectivity index (χ2v) is 6.50. The third kappa shape index (κ3) is 11.9. The smallest absolute Gasteiger partial charge is 0.345 e. The Balaban J connectivity index is 2.17. The van der Waals surface area contributed by atoms with Gasteiger partial charge >= 0.3 is 11.9 Å². The number of benzene rings is 1. The first kappa shape index (κ1) is 26.1. The number of allylic oxidation sites excluding steroid dienone is 1. The highest BCUT2D eigenvalue weighted by molar-refractivity contribution is 6.43. The average molecular weight is 480 g/mol.